The molecule has 0 aliphatic rings. The summed E-state index contributed by atoms with van der Waals surface area (Å²) in [6, 6.07) is 3.57. The van der Waals surface area contributed by atoms with E-state index in [0.717, 1.165) is 18.2 Å². The highest BCUT2D eigenvalue weighted by atomic mass is 35.5. The Morgan fingerprint density at radius 2 is 1.82 bits per heavy atom. The fourth-order valence-electron chi connectivity index (χ4n) is 1.61. The van der Waals surface area contributed by atoms with Crippen molar-refractivity contribution in [3.05, 3.63) is 61.4 Å². The van der Waals surface area contributed by atoms with Gasteiger partial charge in [0.25, 0.3) is 11.5 Å². The molecule has 0 fully saturated rings. The van der Waals surface area contributed by atoms with E-state index in [4.69, 9.17) is 11.6 Å². The van der Waals surface area contributed by atoms with Gasteiger partial charge in [0, 0.05) is 11.8 Å². The zero-order valence-corrected chi connectivity index (χ0v) is 11.3. The second-order valence-electron chi connectivity index (χ2n) is 4.15. The number of rotatable bonds is 2. The summed E-state index contributed by atoms with van der Waals surface area (Å²) in [5.41, 5.74) is -3.43. The molecule has 3 N–H and O–H groups in total. The highest BCUT2D eigenvalue weighted by molar-refractivity contribution is 6.31. The first-order chi connectivity index (χ1) is 10.2. The van der Waals surface area contributed by atoms with Gasteiger partial charge in [0.1, 0.15) is 5.69 Å². The molecule has 0 unspecified atom stereocenters. The second kappa shape index (κ2) is 5.68. The Labute approximate surface area is 124 Å². The summed E-state index contributed by atoms with van der Waals surface area (Å²) in [4.78, 5) is 37.8. The maximum atomic E-state index is 12.7. The smallest absolute Gasteiger partial charge is 0.321 e. The van der Waals surface area contributed by atoms with Gasteiger partial charge in [-0.25, -0.2) is 4.79 Å². The lowest BCUT2D eigenvalue weighted by atomic mass is 10.2. The van der Waals surface area contributed by atoms with Crippen molar-refractivity contribution in [2.45, 2.75) is 6.18 Å². The molecule has 0 atom stereocenters. The first-order valence-electron chi connectivity index (χ1n) is 5.68. The third-order valence-electron chi connectivity index (χ3n) is 2.53. The topological polar surface area (TPSA) is 94.8 Å². The molecule has 0 saturated carbocycles. The molecule has 6 nitrogen and oxygen atoms in total. The normalized spacial score (nSPS) is 11.3. The number of benzene rings is 1. The van der Waals surface area contributed by atoms with Gasteiger partial charge in [0.2, 0.25) is 0 Å². The van der Waals surface area contributed by atoms with Gasteiger partial charge in [0.05, 0.1) is 10.6 Å². The summed E-state index contributed by atoms with van der Waals surface area (Å²) in [6.45, 7) is 0. The van der Waals surface area contributed by atoms with Crippen molar-refractivity contribution in [3.8, 4) is 0 Å². The molecule has 2 rings (SSSR count). The standard InChI is InChI=1S/C12H7ClF3N3O3/c13-7-2-1-5(3-6(7)12(14,15)16)17-10(21)8-4-9(20)19-11(22)18-8/h1-4H,(H,17,21)(H2,18,19,20,22). The molecule has 0 saturated heterocycles. The largest absolute Gasteiger partial charge is 0.417 e. The molecule has 22 heavy (non-hydrogen) atoms. The van der Waals surface area contributed by atoms with Crippen molar-refractivity contribution < 1.29 is 18.0 Å². The van der Waals surface area contributed by atoms with Crippen LogP contribution in [0.25, 0.3) is 0 Å². The highest BCUT2D eigenvalue weighted by Gasteiger charge is 2.33. The number of alkyl halides is 3. The molecule has 1 heterocycles. The van der Waals surface area contributed by atoms with Gasteiger partial charge in [-0.05, 0) is 18.2 Å². The molecule has 0 aliphatic carbocycles. The Bertz CT molecular complexity index is 813. The van der Waals surface area contributed by atoms with E-state index in [0.29, 0.717) is 6.07 Å². The summed E-state index contributed by atoms with van der Waals surface area (Å²) < 4.78 is 38.1. The van der Waals surface area contributed by atoms with E-state index in [-0.39, 0.29) is 5.69 Å². The van der Waals surface area contributed by atoms with Gasteiger partial charge in [-0.1, -0.05) is 11.6 Å². The number of aromatic nitrogens is 2. The Morgan fingerprint density at radius 1 is 1.14 bits per heavy atom. The van der Waals surface area contributed by atoms with Gasteiger partial charge >= 0.3 is 11.9 Å². The lowest BCUT2D eigenvalue weighted by Crippen LogP contribution is -2.27. The van der Waals surface area contributed by atoms with Crippen LogP contribution in [0.1, 0.15) is 16.1 Å². The van der Waals surface area contributed by atoms with E-state index in [1.54, 1.807) is 0 Å². The van der Waals surface area contributed by atoms with Gasteiger partial charge in [-0.3, -0.25) is 14.6 Å². The molecular formula is C12H7ClF3N3O3. The van der Waals surface area contributed by atoms with Gasteiger partial charge in [-0.15, -0.1) is 0 Å². The molecule has 1 aromatic heterocycles. The summed E-state index contributed by atoms with van der Waals surface area (Å²) in [5.74, 6) is -0.946. The number of carbonyl (C=O) groups excluding carboxylic acids is 1. The Morgan fingerprint density at radius 3 is 2.41 bits per heavy atom. The molecule has 1 aromatic carbocycles. The van der Waals surface area contributed by atoms with Crippen LogP contribution in [0.2, 0.25) is 5.02 Å². The molecular weight excluding hydrogens is 327 g/mol. The first kappa shape index (κ1) is 15.8. The van der Waals surface area contributed by atoms with Crippen LogP contribution < -0.4 is 16.6 Å². The average Bonchev–Trinajstić information content (AvgIpc) is 2.38. The lowest BCUT2D eigenvalue weighted by molar-refractivity contribution is -0.137. The zero-order valence-electron chi connectivity index (χ0n) is 10.5. The fraction of sp³-hybridized carbons (Fsp3) is 0.0833. The summed E-state index contributed by atoms with van der Waals surface area (Å²) in [5, 5.41) is 1.61. The van der Waals surface area contributed by atoms with Crippen LogP contribution in [0.3, 0.4) is 0 Å². The minimum absolute atomic E-state index is 0.192. The Balaban J connectivity index is 2.33. The molecule has 0 bridgehead atoms. The third-order valence-corrected chi connectivity index (χ3v) is 2.86. The number of hydrogen-bond acceptors (Lipinski definition) is 3. The molecule has 2 aromatic rings. The molecule has 0 aliphatic heterocycles. The van der Waals surface area contributed by atoms with Gasteiger partial charge in [-0.2, -0.15) is 13.2 Å². The van der Waals surface area contributed by atoms with Crippen LogP contribution in [0, 0.1) is 0 Å². The second-order valence-corrected chi connectivity index (χ2v) is 4.56. The number of aromatic amines is 2. The van der Waals surface area contributed by atoms with Crippen molar-refractivity contribution in [2.75, 3.05) is 5.32 Å². The fourth-order valence-corrected chi connectivity index (χ4v) is 1.83. The number of nitrogens with one attached hydrogen (secondary N) is 3. The summed E-state index contributed by atoms with van der Waals surface area (Å²) in [7, 11) is 0. The maximum absolute atomic E-state index is 12.7. The average molecular weight is 334 g/mol. The van der Waals surface area contributed by atoms with Crippen molar-refractivity contribution in [1.82, 2.24) is 9.97 Å². The van der Waals surface area contributed by atoms with Gasteiger partial charge in [0.15, 0.2) is 0 Å². The van der Waals surface area contributed by atoms with Crippen LogP contribution in [-0.4, -0.2) is 15.9 Å². The number of amides is 1. The van der Waals surface area contributed by atoms with Crippen LogP contribution in [0.15, 0.2) is 33.9 Å². The third kappa shape index (κ3) is 3.55. The minimum atomic E-state index is -4.68. The Kier molecular flexibility index (Phi) is 4.09. The summed E-state index contributed by atoms with van der Waals surface area (Å²) in [6.07, 6.45) is -4.68. The SMILES string of the molecule is O=C(Nc1ccc(Cl)c(C(F)(F)F)c1)c1cc(=O)[nH]c(=O)[nH]1. The van der Waals surface area contributed by atoms with E-state index >= 15 is 0 Å². The molecule has 116 valence electrons. The van der Waals surface area contributed by atoms with E-state index in [1.165, 1.54) is 0 Å². The number of anilines is 1. The molecule has 1 amide bonds. The predicted octanol–water partition coefficient (Wildman–Crippen LogP) is 1.99. The predicted molar refractivity (Wildman–Crippen MR) is 72.1 cm³/mol. The molecule has 10 heteroatoms. The van der Waals surface area contributed by atoms with Crippen molar-refractivity contribution >= 4 is 23.2 Å². The van der Waals surface area contributed by atoms with Crippen molar-refractivity contribution in [2.24, 2.45) is 0 Å². The zero-order chi connectivity index (χ0) is 16.5. The summed E-state index contributed by atoms with van der Waals surface area (Å²) >= 11 is 5.45. The van der Waals surface area contributed by atoms with Crippen LogP contribution in [0.4, 0.5) is 18.9 Å². The van der Waals surface area contributed by atoms with Crippen molar-refractivity contribution in [3.63, 3.8) is 0 Å². The molecule has 0 radical (unpaired) electrons. The van der Waals surface area contributed by atoms with Gasteiger partial charge < -0.3 is 10.3 Å². The highest BCUT2D eigenvalue weighted by Crippen LogP contribution is 2.36. The minimum Gasteiger partial charge on any atom is -0.321 e. The first-order valence-corrected chi connectivity index (χ1v) is 6.06. The Hall–Kier alpha value is -2.55. The monoisotopic (exact) mass is 333 g/mol. The van der Waals surface area contributed by atoms with Crippen LogP contribution in [-0.2, 0) is 6.18 Å². The number of hydrogen-bond donors (Lipinski definition) is 3. The van der Waals surface area contributed by atoms with E-state index in [9.17, 15) is 27.6 Å². The number of halogens is 4. The quantitative estimate of drug-likeness (QED) is 0.784. The number of H-pyrrole nitrogens is 2. The molecule has 0 spiro atoms. The van der Waals surface area contributed by atoms with E-state index in [2.05, 4.69) is 10.3 Å². The van der Waals surface area contributed by atoms with Crippen LogP contribution in [0.5, 0.6) is 0 Å². The van der Waals surface area contributed by atoms with E-state index < -0.39 is 39.6 Å². The van der Waals surface area contributed by atoms with Crippen LogP contribution >= 0.6 is 11.6 Å². The van der Waals surface area contributed by atoms with Crippen molar-refractivity contribution in [1.29, 1.82) is 0 Å². The van der Waals surface area contributed by atoms with E-state index in [1.807, 2.05) is 4.98 Å². The lowest BCUT2D eigenvalue weighted by Gasteiger charge is -2.11. The maximum Gasteiger partial charge on any atom is 0.417 e. The number of carbonyl (C=O) groups is 1.